The second kappa shape index (κ2) is 6.65. The van der Waals surface area contributed by atoms with Gasteiger partial charge in [-0.05, 0) is 43.9 Å². The van der Waals surface area contributed by atoms with E-state index in [0.717, 1.165) is 18.9 Å². The highest BCUT2D eigenvalue weighted by Crippen LogP contribution is 2.39. The number of esters is 1. The van der Waals surface area contributed by atoms with Crippen molar-refractivity contribution in [1.82, 2.24) is 5.32 Å². The molecule has 0 heterocycles. The summed E-state index contributed by atoms with van der Waals surface area (Å²) >= 11 is 0. The number of rotatable bonds is 6. The number of nitrogens with one attached hydrogen (secondary N) is 1. The SMILES string of the molecule is COc1ccc(C(=O)OCC(=O)N[C@@](C)(C#N)C2CC2)cc1F. The summed E-state index contributed by atoms with van der Waals surface area (Å²) in [4.78, 5) is 23.6. The van der Waals surface area contributed by atoms with Gasteiger partial charge in [-0.2, -0.15) is 5.26 Å². The Morgan fingerprint density at radius 2 is 2.17 bits per heavy atom. The van der Waals surface area contributed by atoms with Gasteiger partial charge in [-0.1, -0.05) is 0 Å². The molecule has 0 aromatic heterocycles. The van der Waals surface area contributed by atoms with Gasteiger partial charge in [0, 0.05) is 0 Å². The molecule has 1 aliphatic rings. The zero-order valence-corrected chi connectivity index (χ0v) is 12.9. The minimum absolute atomic E-state index is 0.00788. The zero-order valence-electron chi connectivity index (χ0n) is 12.9. The maximum Gasteiger partial charge on any atom is 0.338 e. The van der Waals surface area contributed by atoms with Gasteiger partial charge in [0.1, 0.15) is 5.54 Å². The molecule has 7 heteroatoms. The van der Waals surface area contributed by atoms with E-state index >= 15 is 0 Å². The van der Waals surface area contributed by atoms with Crippen LogP contribution in [0.25, 0.3) is 0 Å². The number of benzene rings is 1. The molecule has 1 aromatic carbocycles. The molecule has 0 saturated heterocycles. The second-order valence-corrected chi connectivity index (χ2v) is 5.56. The Kier molecular flexibility index (Phi) is 4.84. The summed E-state index contributed by atoms with van der Waals surface area (Å²) in [6, 6.07) is 5.69. The maximum absolute atomic E-state index is 13.5. The van der Waals surface area contributed by atoms with Crippen molar-refractivity contribution in [3.05, 3.63) is 29.6 Å². The first kappa shape index (κ1) is 16.7. The van der Waals surface area contributed by atoms with Gasteiger partial charge < -0.3 is 14.8 Å². The molecule has 0 aliphatic heterocycles. The topological polar surface area (TPSA) is 88.4 Å². The molecule has 1 amide bonds. The fourth-order valence-electron chi connectivity index (χ4n) is 2.22. The lowest BCUT2D eigenvalue weighted by Crippen LogP contribution is -2.48. The van der Waals surface area contributed by atoms with Crippen LogP contribution in [-0.4, -0.2) is 31.1 Å². The Bertz CT molecular complexity index is 667. The summed E-state index contributed by atoms with van der Waals surface area (Å²) in [6.07, 6.45) is 1.77. The second-order valence-electron chi connectivity index (χ2n) is 5.56. The first-order valence-corrected chi connectivity index (χ1v) is 7.12. The number of nitriles is 1. The van der Waals surface area contributed by atoms with Crippen molar-refractivity contribution in [2.75, 3.05) is 13.7 Å². The van der Waals surface area contributed by atoms with Crippen LogP contribution in [0, 0.1) is 23.1 Å². The number of carbonyl (C=O) groups excluding carboxylic acids is 2. The minimum atomic E-state index is -0.949. The van der Waals surface area contributed by atoms with Gasteiger partial charge in [-0.25, -0.2) is 9.18 Å². The molecule has 0 unspecified atom stereocenters. The van der Waals surface area contributed by atoms with Crippen LogP contribution in [0.5, 0.6) is 5.75 Å². The smallest absolute Gasteiger partial charge is 0.338 e. The third kappa shape index (κ3) is 3.97. The molecule has 0 spiro atoms. The van der Waals surface area contributed by atoms with Crippen molar-refractivity contribution < 1.29 is 23.5 Å². The molecule has 1 atom stereocenters. The Morgan fingerprint density at radius 3 is 2.70 bits per heavy atom. The normalized spacial score (nSPS) is 15.9. The minimum Gasteiger partial charge on any atom is -0.494 e. The molecule has 1 fully saturated rings. The van der Waals surface area contributed by atoms with Crippen LogP contribution in [0.15, 0.2) is 18.2 Å². The Balaban J connectivity index is 1.90. The summed E-state index contributed by atoms with van der Waals surface area (Å²) in [5.74, 6) is -1.95. The number of halogens is 1. The van der Waals surface area contributed by atoms with Crippen molar-refractivity contribution in [1.29, 1.82) is 5.26 Å². The van der Waals surface area contributed by atoms with Crippen LogP contribution in [0.3, 0.4) is 0 Å². The van der Waals surface area contributed by atoms with Crippen LogP contribution in [-0.2, 0) is 9.53 Å². The highest BCUT2D eigenvalue weighted by Gasteiger charge is 2.43. The number of nitrogens with zero attached hydrogens (tertiary/aromatic N) is 1. The Labute approximate surface area is 133 Å². The summed E-state index contributed by atoms with van der Waals surface area (Å²) in [5.41, 5.74) is -0.975. The molecule has 23 heavy (non-hydrogen) atoms. The number of carbonyl (C=O) groups is 2. The third-order valence-corrected chi connectivity index (χ3v) is 3.75. The number of hydrogen-bond donors (Lipinski definition) is 1. The van der Waals surface area contributed by atoms with Crippen LogP contribution in [0.2, 0.25) is 0 Å². The third-order valence-electron chi connectivity index (χ3n) is 3.75. The molecule has 0 bridgehead atoms. The summed E-state index contributed by atoms with van der Waals surface area (Å²) in [5, 5.41) is 11.7. The Morgan fingerprint density at radius 1 is 1.48 bits per heavy atom. The van der Waals surface area contributed by atoms with E-state index in [2.05, 4.69) is 11.4 Å². The first-order valence-electron chi connectivity index (χ1n) is 7.12. The van der Waals surface area contributed by atoms with Crippen LogP contribution >= 0.6 is 0 Å². The van der Waals surface area contributed by atoms with Crippen LogP contribution in [0.1, 0.15) is 30.1 Å². The van der Waals surface area contributed by atoms with Gasteiger partial charge in [-0.15, -0.1) is 0 Å². The molecule has 1 N–H and O–H groups in total. The maximum atomic E-state index is 13.5. The standard InChI is InChI=1S/C16H17FN2O4/c1-16(9-18,11-4-5-11)19-14(20)8-23-15(21)10-3-6-13(22-2)12(17)7-10/h3,6-7,11H,4-5,8H2,1-2H3,(H,19,20)/t16-/m0/s1. The fraction of sp³-hybridized carbons (Fsp3) is 0.438. The van der Waals surface area contributed by atoms with E-state index in [1.54, 1.807) is 6.92 Å². The van der Waals surface area contributed by atoms with Gasteiger partial charge in [0.2, 0.25) is 0 Å². The summed E-state index contributed by atoms with van der Waals surface area (Å²) in [7, 11) is 1.31. The van der Waals surface area contributed by atoms with E-state index in [0.29, 0.717) is 0 Å². The first-order chi connectivity index (χ1) is 10.9. The predicted octanol–water partition coefficient (Wildman–Crippen LogP) is 1.80. The van der Waals surface area contributed by atoms with E-state index in [9.17, 15) is 14.0 Å². The molecular weight excluding hydrogens is 303 g/mol. The van der Waals surface area contributed by atoms with E-state index in [-0.39, 0.29) is 17.2 Å². The number of amides is 1. The lowest BCUT2D eigenvalue weighted by atomic mass is 9.98. The zero-order chi connectivity index (χ0) is 17.0. The molecule has 1 aliphatic carbocycles. The van der Waals surface area contributed by atoms with E-state index < -0.39 is 29.8 Å². The summed E-state index contributed by atoms with van der Waals surface area (Å²) < 4.78 is 23.1. The molecule has 1 aromatic rings. The van der Waals surface area contributed by atoms with Crippen molar-refractivity contribution in [2.45, 2.75) is 25.3 Å². The van der Waals surface area contributed by atoms with Crippen molar-refractivity contribution in [2.24, 2.45) is 5.92 Å². The quantitative estimate of drug-likeness (QED) is 0.807. The lowest BCUT2D eigenvalue weighted by molar-refractivity contribution is -0.125. The molecule has 2 rings (SSSR count). The van der Waals surface area contributed by atoms with Crippen LogP contribution in [0.4, 0.5) is 4.39 Å². The molecular formula is C16H17FN2O4. The van der Waals surface area contributed by atoms with Gasteiger partial charge in [-0.3, -0.25) is 4.79 Å². The van der Waals surface area contributed by atoms with Crippen molar-refractivity contribution in [3.8, 4) is 11.8 Å². The van der Waals surface area contributed by atoms with Gasteiger partial charge in [0.15, 0.2) is 18.2 Å². The number of methoxy groups -OCH3 is 1. The monoisotopic (exact) mass is 320 g/mol. The average molecular weight is 320 g/mol. The van der Waals surface area contributed by atoms with Gasteiger partial charge in [0.25, 0.3) is 5.91 Å². The molecule has 1 saturated carbocycles. The van der Waals surface area contributed by atoms with Gasteiger partial charge in [0.05, 0.1) is 18.7 Å². The Hall–Kier alpha value is -2.62. The highest BCUT2D eigenvalue weighted by atomic mass is 19.1. The van der Waals surface area contributed by atoms with E-state index in [4.69, 9.17) is 14.7 Å². The summed E-state index contributed by atoms with van der Waals surface area (Å²) in [6.45, 7) is 1.11. The predicted molar refractivity (Wildman–Crippen MR) is 78.1 cm³/mol. The largest absolute Gasteiger partial charge is 0.494 e. The average Bonchev–Trinajstić information content (AvgIpc) is 3.37. The molecule has 6 nitrogen and oxygen atoms in total. The number of hydrogen-bond acceptors (Lipinski definition) is 5. The van der Waals surface area contributed by atoms with Crippen molar-refractivity contribution >= 4 is 11.9 Å². The van der Waals surface area contributed by atoms with Crippen LogP contribution < -0.4 is 10.1 Å². The molecule has 0 radical (unpaired) electrons. The lowest BCUT2D eigenvalue weighted by Gasteiger charge is -2.22. The highest BCUT2D eigenvalue weighted by molar-refractivity contribution is 5.91. The van der Waals surface area contributed by atoms with E-state index in [1.807, 2.05) is 0 Å². The fourth-order valence-corrected chi connectivity index (χ4v) is 2.22. The number of ether oxygens (including phenoxy) is 2. The molecule has 122 valence electrons. The van der Waals surface area contributed by atoms with E-state index in [1.165, 1.54) is 19.2 Å². The van der Waals surface area contributed by atoms with Gasteiger partial charge >= 0.3 is 5.97 Å². The van der Waals surface area contributed by atoms with Crippen molar-refractivity contribution in [3.63, 3.8) is 0 Å².